The van der Waals surface area contributed by atoms with Gasteiger partial charge in [-0.25, -0.2) is 8.42 Å². The number of fused-ring (bicyclic) bond motifs is 1. The number of nitrogens with one attached hydrogen (secondary N) is 1. The Kier molecular flexibility index (Phi) is 7.39. The van der Waals surface area contributed by atoms with Crippen LogP contribution in [0, 0.1) is 0 Å². The van der Waals surface area contributed by atoms with Crippen LogP contribution in [0.1, 0.15) is 43.9 Å². The van der Waals surface area contributed by atoms with Crippen molar-refractivity contribution in [2.75, 3.05) is 19.7 Å². The fourth-order valence-corrected chi connectivity index (χ4v) is 5.64. The number of sulfonamides is 1. The molecule has 0 radical (unpaired) electrons. The number of benzene rings is 2. The summed E-state index contributed by atoms with van der Waals surface area (Å²) in [4.78, 5) is 12.5. The van der Waals surface area contributed by atoms with E-state index in [2.05, 4.69) is 11.4 Å². The van der Waals surface area contributed by atoms with Crippen LogP contribution in [-0.4, -0.2) is 38.3 Å². The lowest BCUT2D eigenvalue weighted by Crippen LogP contribution is -2.35. The first-order valence-electron chi connectivity index (χ1n) is 10.2. The maximum absolute atomic E-state index is 13.0. The Balaban J connectivity index is 1.73. The zero-order valence-electron chi connectivity index (χ0n) is 17.2. The minimum absolute atomic E-state index is 0.0329. The van der Waals surface area contributed by atoms with Crippen LogP contribution in [0.5, 0.6) is 5.75 Å². The lowest BCUT2D eigenvalue weighted by Gasteiger charge is -2.26. The van der Waals surface area contributed by atoms with Gasteiger partial charge < -0.3 is 10.1 Å². The molecule has 0 saturated carbocycles. The molecule has 0 fully saturated rings. The molecular formula is C22H27ClN2O4S. The summed E-state index contributed by atoms with van der Waals surface area (Å²) in [5.41, 5.74) is 2.38. The van der Waals surface area contributed by atoms with E-state index in [9.17, 15) is 13.2 Å². The monoisotopic (exact) mass is 450 g/mol. The van der Waals surface area contributed by atoms with Crippen molar-refractivity contribution >= 4 is 27.5 Å². The Morgan fingerprint density at radius 1 is 1.20 bits per heavy atom. The number of hydrogen-bond donors (Lipinski definition) is 1. The van der Waals surface area contributed by atoms with Gasteiger partial charge in [-0.15, -0.1) is 0 Å². The van der Waals surface area contributed by atoms with Crippen LogP contribution in [0.2, 0.25) is 5.02 Å². The zero-order valence-corrected chi connectivity index (χ0v) is 18.8. The normalized spacial score (nSPS) is 16.2. The van der Waals surface area contributed by atoms with Crippen LogP contribution in [-0.2, 0) is 21.2 Å². The molecule has 1 unspecified atom stereocenters. The van der Waals surface area contributed by atoms with Gasteiger partial charge in [-0.05, 0) is 48.6 Å². The highest BCUT2D eigenvalue weighted by atomic mass is 35.5. The molecule has 0 aliphatic heterocycles. The highest BCUT2D eigenvalue weighted by Crippen LogP contribution is 2.31. The molecule has 0 bridgehead atoms. The molecule has 3 rings (SSSR count). The summed E-state index contributed by atoms with van der Waals surface area (Å²) in [6, 6.07) is 12.4. The second-order valence-electron chi connectivity index (χ2n) is 7.18. The third-order valence-electron chi connectivity index (χ3n) is 5.29. The van der Waals surface area contributed by atoms with Gasteiger partial charge in [-0.2, -0.15) is 4.31 Å². The third-order valence-corrected chi connectivity index (χ3v) is 7.60. The first kappa shape index (κ1) is 22.6. The molecule has 8 heteroatoms. The van der Waals surface area contributed by atoms with Crippen molar-refractivity contribution in [1.29, 1.82) is 0 Å². The predicted molar refractivity (Wildman–Crippen MR) is 117 cm³/mol. The second kappa shape index (κ2) is 9.81. The van der Waals surface area contributed by atoms with E-state index in [1.165, 1.54) is 22.0 Å². The molecule has 1 amide bonds. The maximum Gasteiger partial charge on any atom is 0.258 e. The minimum atomic E-state index is -3.78. The molecule has 0 heterocycles. The zero-order chi connectivity index (χ0) is 21.7. The van der Waals surface area contributed by atoms with Gasteiger partial charge >= 0.3 is 0 Å². The van der Waals surface area contributed by atoms with Crippen LogP contribution >= 0.6 is 11.6 Å². The average molecular weight is 451 g/mol. The summed E-state index contributed by atoms with van der Waals surface area (Å²) >= 11 is 6.04. The van der Waals surface area contributed by atoms with Gasteiger partial charge in [0.1, 0.15) is 10.6 Å². The van der Waals surface area contributed by atoms with Gasteiger partial charge in [-0.3, -0.25) is 4.79 Å². The summed E-state index contributed by atoms with van der Waals surface area (Å²) in [5, 5.41) is 3.30. The third kappa shape index (κ3) is 4.96. The first-order chi connectivity index (χ1) is 14.4. The van der Waals surface area contributed by atoms with E-state index in [4.69, 9.17) is 16.3 Å². The van der Waals surface area contributed by atoms with E-state index in [0.717, 1.165) is 24.8 Å². The Hall–Kier alpha value is -2.09. The van der Waals surface area contributed by atoms with Crippen LogP contribution in [0.3, 0.4) is 0 Å². The maximum atomic E-state index is 13.0. The van der Waals surface area contributed by atoms with Crippen molar-refractivity contribution in [3.05, 3.63) is 58.6 Å². The number of hydrogen-bond acceptors (Lipinski definition) is 4. The Morgan fingerprint density at radius 3 is 2.67 bits per heavy atom. The number of amides is 1. The molecule has 2 aromatic carbocycles. The van der Waals surface area contributed by atoms with Crippen molar-refractivity contribution in [2.24, 2.45) is 0 Å². The Morgan fingerprint density at radius 2 is 1.93 bits per heavy atom. The number of ether oxygens (including phenoxy) is 1. The van der Waals surface area contributed by atoms with E-state index < -0.39 is 10.0 Å². The van der Waals surface area contributed by atoms with E-state index in [1.807, 2.05) is 18.2 Å². The molecule has 6 nitrogen and oxygen atoms in total. The molecular weight excluding hydrogens is 424 g/mol. The van der Waals surface area contributed by atoms with Crippen molar-refractivity contribution in [3.63, 3.8) is 0 Å². The number of nitrogens with zero attached hydrogens (tertiary/aromatic N) is 1. The van der Waals surface area contributed by atoms with Gasteiger partial charge in [0.2, 0.25) is 10.0 Å². The molecule has 30 heavy (non-hydrogen) atoms. The van der Waals surface area contributed by atoms with E-state index in [0.29, 0.717) is 13.1 Å². The van der Waals surface area contributed by atoms with Crippen molar-refractivity contribution < 1.29 is 17.9 Å². The van der Waals surface area contributed by atoms with Gasteiger partial charge in [0.25, 0.3) is 5.91 Å². The molecule has 2 aromatic rings. The quantitative estimate of drug-likeness (QED) is 0.660. The standard InChI is InChI=1S/C22H27ClN2O4S/c1-3-25(4-2)30(27,28)21-14-17(23)12-13-20(21)29-15-22(26)24-19-11-7-9-16-8-5-6-10-18(16)19/h5-6,8,10,12-14,19H,3-4,7,9,11,15H2,1-2H3,(H,24,26). The molecule has 162 valence electrons. The smallest absolute Gasteiger partial charge is 0.258 e. The molecule has 1 N–H and O–H groups in total. The fraction of sp³-hybridized carbons (Fsp3) is 0.409. The van der Waals surface area contributed by atoms with E-state index in [-0.39, 0.29) is 34.2 Å². The molecule has 0 saturated heterocycles. The minimum Gasteiger partial charge on any atom is -0.482 e. The van der Waals surface area contributed by atoms with E-state index >= 15 is 0 Å². The lowest BCUT2D eigenvalue weighted by atomic mass is 9.88. The number of carbonyl (C=O) groups excluding carboxylic acids is 1. The van der Waals surface area contributed by atoms with Crippen LogP contribution in [0.25, 0.3) is 0 Å². The molecule has 0 spiro atoms. The Bertz CT molecular complexity index is 1010. The number of rotatable bonds is 8. The Labute approximate surface area is 183 Å². The van der Waals surface area contributed by atoms with Gasteiger partial charge in [0, 0.05) is 18.1 Å². The summed E-state index contributed by atoms with van der Waals surface area (Å²) < 4.78 is 32.9. The largest absolute Gasteiger partial charge is 0.482 e. The number of carbonyl (C=O) groups is 1. The molecule has 1 aliphatic carbocycles. The van der Waals surface area contributed by atoms with Gasteiger partial charge in [0.05, 0.1) is 6.04 Å². The van der Waals surface area contributed by atoms with Crippen molar-refractivity contribution in [3.8, 4) is 5.75 Å². The SMILES string of the molecule is CCN(CC)S(=O)(=O)c1cc(Cl)ccc1OCC(=O)NC1CCCc2ccccc21. The molecule has 1 atom stereocenters. The summed E-state index contributed by atoms with van der Waals surface area (Å²) in [6.07, 6.45) is 2.88. The average Bonchev–Trinajstić information content (AvgIpc) is 2.74. The first-order valence-corrected chi connectivity index (χ1v) is 12.0. The second-order valence-corrected chi connectivity index (χ2v) is 9.52. The van der Waals surface area contributed by atoms with Crippen molar-refractivity contribution in [2.45, 2.75) is 44.0 Å². The fourth-order valence-electron chi connectivity index (χ4n) is 3.79. The van der Waals surface area contributed by atoms with Crippen LogP contribution in [0.15, 0.2) is 47.4 Å². The lowest BCUT2D eigenvalue weighted by molar-refractivity contribution is -0.124. The molecule has 0 aromatic heterocycles. The molecule has 1 aliphatic rings. The summed E-state index contributed by atoms with van der Waals surface area (Å²) in [6.45, 7) is 3.91. The number of aryl methyl sites for hydroxylation is 1. The van der Waals surface area contributed by atoms with Gasteiger partial charge in [0.15, 0.2) is 6.61 Å². The van der Waals surface area contributed by atoms with Crippen molar-refractivity contribution in [1.82, 2.24) is 9.62 Å². The predicted octanol–water partition coefficient (Wildman–Crippen LogP) is 3.94. The van der Waals surface area contributed by atoms with Gasteiger partial charge in [-0.1, -0.05) is 49.7 Å². The summed E-state index contributed by atoms with van der Waals surface area (Å²) in [7, 11) is -3.78. The van der Waals surface area contributed by atoms with Crippen LogP contribution in [0.4, 0.5) is 0 Å². The highest BCUT2D eigenvalue weighted by molar-refractivity contribution is 7.89. The van der Waals surface area contributed by atoms with Crippen LogP contribution < -0.4 is 10.1 Å². The topological polar surface area (TPSA) is 75.7 Å². The highest BCUT2D eigenvalue weighted by Gasteiger charge is 2.27. The van der Waals surface area contributed by atoms with E-state index in [1.54, 1.807) is 19.9 Å². The summed E-state index contributed by atoms with van der Waals surface area (Å²) in [5.74, 6) is -0.177. The number of halogens is 1.